The van der Waals surface area contributed by atoms with Gasteiger partial charge in [0, 0.05) is 18.8 Å². The second-order valence-electron chi connectivity index (χ2n) is 4.99. The summed E-state index contributed by atoms with van der Waals surface area (Å²) in [5.41, 5.74) is 4.04. The normalized spacial score (nSPS) is 14.0. The van der Waals surface area contributed by atoms with Gasteiger partial charge in [0.05, 0.1) is 10.6 Å². The molecule has 3 rings (SSSR count). The van der Waals surface area contributed by atoms with E-state index in [0.29, 0.717) is 29.0 Å². The molecular formula is C14H15ClN4OS. The first-order valence-electron chi connectivity index (χ1n) is 6.63. The van der Waals surface area contributed by atoms with Crippen molar-refractivity contribution in [2.24, 2.45) is 5.84 Å². The third kappa shape index (κ3) is 3.18. The van der Waals surface area contributed by atoms with Gasteiger partial charge in [-0.3, -0.25) is 4.79 Å². The summed E-state index contributed by atoms with van der Waals surface area (Å²) >= 11 is 7.68. The molecule has 0 radical (unpaired) electrons. The van der Waals surface area contributed by atoms with Crippen molar-refractivity contribution in [1.82, 2.24) is 9.88 Å². The SMILES string of the molecule is NNc1ncc(C(=O)N(Cc2ccsc2)C2CC2)cc1Cl. The third-order valence-corrected chi connectivity index (χ3v) is 4.43. The van der Waals surface area contributed by atoms with E-state index in [9.17, 15) is 4.79 Å². The highest BCUT2D eigenvalue weighted by atomic mass is 35.5. The fourth-order valence-corrected chi connectivity index (χ4v) is 3.04. The third-order valence-electron chi connectivity index (χ3n) is 3.41. The first-order valence-corrected chi connectivity index (χ1v) is 7.95. The van der Waals surface area contributed by atoms with Crippen LogP contribution in [0.1, 0.15) is 28.8 Å². The van der Waals surface area contributed by atoms with Gasteiger partial charge in [0.2, 0.25) is 0 Å². The highest BCUT2D eigenvalue weighted by Gasteiger charge is 2.33. The maximum Gasteiger partial charge on any atom is 0.256 e. The number of anilines is 1. The molecule has 3 N–H and O–H groups in total. The van der Waals surface area contributed by atoms with Gasteiger partial charge in [-0.05, 0) is 41.3 Å². The number of hydrazine groups is 1. The number of amides is 1. The van der Waals surface area contributed by atoms with Crippen molar-refractivity contribution in [3.05, 3.63) is 45.2 Å². The Hall–Kier alpha value is -1.63. The quantitative estimate of drug-likeness (QED) is 0.656. The number of rotatable bonds is 5. The van der Waals surface area contributed by atoms with Crippen LogP contribution in [0.5, 0.6) is 0 Å². The number of nitrogens with one attached hydrogen (secondary N) is 1. The van der Waals surface area contributed by atoms with Crippen molar-refractivity contribution >= 4 is 34.7 Å². The Morgan fingerprint density at radius 2 is 2.38 bits per heavy atom. The van der Waals surface area contributed by atoms with Gasteiger partial charge in [0.1, 0.15) is 0 Å². The molecular weight excluding hydrogens is 308 g/mol. The van der Waals surface area contributed by atoms with Crippen LogP contribution >= 0.6 is 22.9 Å². The molecule has 2 heterocycles. The molecule has 7 heteroatoms. The molecule has 2 aromatic rings. The van der Waals surface area contributed by atoms with Crippen LogP contribution in [0.2, 0.25) is 5.02 Å². The van der Waals surface area contributed by atoms with Crippen LogP contribution in [0.3, 0.4) is 0 Å². The number of hydrogen-bond acceptors (Lipinski definition) is 5. The Morgan fingerprint density at radius 3 is 2.95 bits per heavy atom. The summed E-state index contributed by atoms with van der Waals surface area (Å²) in [6.07, 6.45) is 3.62. The minimum absolute atomic E-state index is 0.0401. The first-order chi connectivity index (χ1) is 10.2. The molecule has 0 aliphatic heterocycles. The average molecular weight is 323 g/mol. The van der Waals surface area contributed by atoms with Gasteiger partial charge in [-0.1, -0.05) is 11.6 Å². The monoisotopic (exact) mass is 322 g/mol. The lowest BCUT2D eigenvalue weighted by Gasteiger charge is -2.22. The second-order valence-corrected chi connectivity index (χ2v) is 6.18. The highest BCUT2D eigenvalue weighted by molar-refractivity contribution is 7.07. The van der Waals surface area contributed by atoms with Crippen LogP contribution in [0.25, 0.3) is 0 Å². The predicted molar refractivity (Wildman–Crippen MR) is 84.3 cm³/mol. The molecule has 5 nitrogen and oxygen atoms in total. The largest absolute Gasteiger partial charge is 0.331 e. The summed E-state index contributed by atoms with van der Waals surface area (Å²) in [4.78, 5) is 18.6. The summed E-state index contributed by atoms with van der Waals surface area (Å²) in [6.45, 7) is 0.626. The Morgan fingerprint density at radius 1 is 1.57 bits per heavy atom. The number of carbonyl (C=O) groups is 1. The van der Waals surface area contributed by atoms with Crippen molar-refractivity contribution in [2.45, 2.75) is 25.4 Å². The predicted octanol–water partition coefficient (Wildman–Crippen LogP) is 2.89. The number of thiophene rings is 1. The van der Waals surface area contributed by atoms with E-state index in [2.05, 4.69) is 15.8 Å². The molecule has 0 bridgehead atoms. The number of carbonyl (C=O) groups excluding carboxylic acids is 1. The summed E-state index contributed by atoms with van der Waals surface area (Å²) in [6, 6.07) is 3.97. The number of nitrogens with two attached hydrogens (primary N) is 1. The molecule has 0 unspecified atom stereocenters. The van der Waals surface area contributed by atoms with E-state index in [4.69, 9.17) is 17.4 Å². The number of aromatic nitrogens is 1. The zero-order valence-corrected chi connectivity index (χ0v) is 12.8. The molecule has 0 atom stereocenters. The lowest BCUT2D eigenvalue weighted by molar-refractivity contribution is 0.0729. The number of pyridine rings is 1. The van der Waals surface area contributed by atoms with E-state index in [1.54, 1.807) is 17.4 Å². The Kier molecular flexibility index (Phi) is 4.10. The van der Waals surface area contributed by atoms with Crippen LogP contribution in [0, 0.1) is 0 Å². The molecule has 1 amide bonds. The van der Waals surface area contributed by atoms with Gasteiger partial charge < -0.3 is 10.3 Å². The number of nitrogen functional groups attached to an aromatic ring is 1. The summed E-state index contributed by atoms with van der Waals surface area (Å²) in [7, 11) is 0. The molecule has 1 aliphatic carbocycles. The van der Waals surface area contributed by atoms with E-state index in [1.807, 2.05) is 16.3 Å². The van der Waals surface area contributed by atoms with E-state index in [1.165, 1.54) is 6.20 Å². The molecule has 0 aromatic carbocycles. The van der Waals surface area contributed by atoms with Crippen molar-refractivity contribution in [2.75, 3.05) is 5.43 Å². The average Bonchev–Trinajstić information content (AvgIpc) is 3.20. The number of halogens is 1. The molecule has 110 valence electrons. The zero-order chi connectivity index (χ0) is 14.8. The Bertz CT molecular complexity index is 642. The van der Waals surface area contributed by atoms with Crippen molar-refractivity contribution < 1.29 is 4.79 Å². The van der Waals surface area contributed by atoms with E-state index in [-0.39, 0.29) is 5.91 Å². The minimum Gasteiger partial charge on any atom is -0.331 e. The molecule has 0 spiro atoms. The smallest absolute Gasteiger partial charge is 0.256 e. The van der Waals surface area contributed by atoms with Gasteiger partial charge in [-0.25, -0.2) is 10.8 Å². The van der Waals surface area contributed by atoms with Gasteiger partial charge in [0.15, 0.2) is 5.82 Å². The molecule has 2 aromatic heterocycles. The van der Waals surface area contributed by atoms with Crippen LogP contribution < -0.4 is 11.3 Å². The van der Waals surface area contributed by atoms with Crippen LogP contribution in [-0.4, -0.2) is 21.8 Å². The molecule has 0 saturated heterocycles. The maximum atomic E-state index is 12.7. The Balaban J connectivity index is 1.82. The fourth-order valence-electron chi connectivity index (χ4n) is 2.16. The van der Waals surface area contributed by atoms with E-state index >= 15 is 0 Å². The zero-order valence-electron chi connectivity index (χ0n) is 11.3. The van der Waals surface area contributed by atoms with Gasteiger partial charge in [-0.2, -0.15) is 11.3 Å². The Labute approximate surface area is 131 Å². The number of hydrogen-bond donors (Lipinski definition) is 2. The summed E-state index contributed by atoms with van der Waals surface area (Å²) < 4.78 is 0. The fraction of sp³-hybridized carbons (Fsp3) is 0.286. The van der Waals surface area contributed by atoms with E-state index in [0.717, 1.165) is 18.4 Å². The molecule has 1 saturated carbocycles. The van der Waals surface area contributed by atoms with Crippen molar-refractivity contribution in [3.63, 3.8) is 0 Å². The summed E-state index contributed by atoms with van der Waals surface area (Å²) in [5, 5.41) is 4.43. The lowest BCUT2D eigenvalue weighted by Crippen LogP contribution is -2.32. The molecule has 21 heavy (non-hydrogen) atoms. The molecule has 1 aliphatic rings. The minimum atomic E-state index is -0.0401. The lowest BCUT2D eigenvalue weighted by atomic mass is 10.2. The molecule has 1 fully saturated rings. The van der Waals surface area contributed by atoms with Crippen molar-refractivity contribution in [1.29, 1.82) is 0 Å². The number of nitrogens with zero attached hydrogens (tertiary/aromatic N) is 2. The standard InChI is InChI=1S/C14H15ClN4OS/c15-12-5-10(6-17-13(12)18-16)14(20)19(11-1-2-11)7-9-3-4-21-8-9/h3-6,8,11H,1-2,7,16H2,(H,17,18). The first kappa shape index (κ1) is 14.3. The van der Waals surface area contributed by atoms with Gasteiger partial charge in [-0.15, -0.1) is 0 Å². The topological polar surface area (TPSA) is 71.2 Å². The highest BCUT2D eigenvalue weighted by Crippen LogP contribution is 2.31. The van der Waals surface area contributed by atoms with Gasteiger partial charge >= 0.3 is 0 Å². The second kappa shape index (κ2) is 6.01. The van der Waals surface area contributed by atoms with E-state index < -0.39 is 0 Å². The van der Waals surface area contributed by atoms with Crippen LogP contribution in [0.4, 0.5) is 5.82 Å². The van der Waals surface area contributed by atoms with Gasteiger partial charge in [0.25, 0.3) is 5.91 Å². The van der Waals surface area contributed by atoms with Crippen molar-refractivity contribution in [3.8, 4) is 0 Å². The summed E-state index contributed by atoms with van der Waals surface area (Å²) in [5.74, 6) is 5.62. The van der Waals surface area contributed by atoms with Crippen LogP contribution in [-0.2, 0) is 6.54 Å². The maximum absolute atomic E-state index is 12.7. The van der Waals surface area contributed by atoms with Crippen LogP contribution in [0.15, 0.2) is 29.1 Å².